The third kappa shape index (κ3) is 3.89. The maximum absolute atomic E-state index is 14.1. The summed E-state index contributed by atoms with van der Waals surface area (Å²) in [7, 11) is 0. The molecule has 3 aromatic carbocycles. The van der Waals surface area contributed by atoms with Gasteiger partial charge in [-0.15, -0.1) is 0 Å². The molecule has 31 heavy (non-hydrogen) atoms. The minimum atomic E-state index is -0.173. The maximum Gasteiger partial charge on any atom is 0.256 e. The number of amides is 1. The Morgan fingerprint density at radius 1 is 0.903 bits per heavy atom. The molecule has 4 aromatic rings. The molecule has 1 saturated heterocycles. The van der Waals surface area contributed by atoms with E-state index < -0.39 is 0 Å². The highest BCUT2D eigenvalue weighted by atomic mass is 19.1. The number of nitrogens with zero attached hydrogens (tertiary/aromatic N) is 3. The lowest BCUT2D eigenvalue weighted by Crippen LogP contribution is -2.35. The van der Waals surface area contributed by atoms with Crippen molar-refractivity contribution in [1.29, 1.82) is 0 Å². The fourth-order valence-electron chi connectivity index (χ4n) is 4.46. The van der Waals surface area contributed by atoms with Crippen LogP contribution in [0.1, 0.15) is 22.3 Å². The van der Waals surface area contributed by atoms with Gasteiger partial charge in [0.25, 0.3) is 5.91 Å². The largest absolute Gasteiger partial charge is 0.337 e. The quantitative estimate of drug-likeness (QED) is 0.450. The number of carbonyl (C=O) groups is 1. The van der Waals surface area contributed by atoms with Gasteiger partial charge in [-0.1, -0.05) is 48.5 Å². The molecule has 1 aliphatic rings. The van der Waals surface area contributed by atoms with Crippen molar-refractivity contribution in [2.45, 2.75) is 13.0 Å². The Hall–Kier alpha value is -3.31. The molecule has 0 radical (unpaired) electrons. The van der Waals surface area contributed by atoms with Crippen molar-refractivity contribution >= 4 is 27.6 Å². The molecule has 1 fully saturated rings. The number of hydrogen-bond donors (Lipinski definition) is 0. The maximum atomic E-state index is 14.1. The predicted octanol–water partition coefficient (Wildman–Crippen LogP) is 4.88. The third-order valence-corrected chi connectivity index (χ3v) is 6.07. The van der Waals surface area contributed by atoms with Crippen molar-refractivity contribution < 1.29 is 9.18 Å². The van der Waals surface area contributed by atoms with E-state index in [1.54, 1.807) is 12.3 Å². The smallest absolute Gasteiger partial charge is 0.256 e. The summed E-state index contributed by atoms with van der Waals surface area (Å²) in [5, 5.41) is 3.15. The van der Waals surface area contributed by atoms with Crippen molar-refractivity contribution in [2.75, 3.05) is 26.2 Å². The Bertz CT molecular complexity index is 1260. The summed E-state index contributed by atoms with van der Waals surface area (Å²) in [6, 6.07) is 20.9. The van der Waals surface area contributed by atoms with Crippen LogP contribution in [-0.4, -0.2) is 46.9 Å². The minimum absolute atomic E-state index is 0.0159. The Kier molecular flexibility index (Phi) is 5.35. The van der Waals surface area contributed by atoms with Crippen LogP contribution in [0, 0.1) is 5.82 Å². The van der Waals surface area contributed by atoms with Crippen LogP contribution in [-0.2, 0) is 6.54 Å². The first-order chi connectivity index (χ1) is 15.2. The molecular formula is C26H24FN3O. The van der Waals surface area contributed by atoms with Gasteiger partial charge in [0, 0.05) is 49.9 Å². The van der Waals surface area contributed by atoms with Gasteiger partial charge in [-0.2, -0.15) is 0 Å². The zero-order valence-corrected chi connectivity index (χ0v) is 17.3. The van der Waals surface area contributed by atoms with Crippen LogP contribution >= 0.6 is 0 Å². The Labute approximate surface area is 180 Å². The molecule has 0 N–H and O–H groups in total. The number of benzene rings is 3. The summed E-state index contributed by atoms with van der Waals surface area (Å²) < 4.78 is 14.1. The second kappa shape index (κ2) is 8.44. The van der Waals surface area contributed by atoms with E-state index in [1.807, 2.05) is 53.4 Å². The van der Waals surface area contributed by atoms with Gasteiger partial charge >= 0.3 is 0 Å². The second-order valence-electron chi connectivity index (χ2n) is 8.06. The van der Waals surface area contributed by atoms with E-state index >= 15 is 0 Å². The molecule has 0 spiro atoms. The highest BCUT2D eigenvalue weighted by Crippen LogP contribution is 2.28. The number of pyridine rings is 1. The normalized spacial score (nSPS) is 15.3. The summed E-state index contributed by atoms with van der Waals surface area (Å²) in [5.41, 5.74) is 2.10. The molecule has 2 heterocycles. The van der Waals surface area contributed by atoms with Crippen molar-refractivity contribution in [3.8, 4) is 0 Å². The second-order valence-corrected chi connectivity index (χ2v) is 8.06. The molecule has 0 unspecified atom stereocenters. The van der Waals surface area contributed by atoms with Gasteiger partial charge in [-0.3, -0.25) is 14.7 Å². The highest BCUT2D eigenvalue weighted by Gasteiger charge is 2.23. The Morgan fingerprint density at radius 3 is 2.61 bits per heavy atom. The predicted molar refractivity (Wildman–Crippen MR) is 121 cm³/mol. The van der Waals surface area contributed by atoms with Crippen LogP contribution < -0.4 is 0 Å². The van der Waals surface area contributed by atoms with E-state index in [0.717, 1.165) is 41.2 Å². The van der Waals surface area contributed by atoms with Gasteiger partial charge < -0.3 is 4.90 Å². The lowest BCUT2D eigenvalue weighted by atomic mass is 10.00. The van der Waals surface area contributed by atoms with Crippen LogP contribution in [0.5, 0.6) is 0 Å². The lowest BCUT2D eigenvalue weighted by molar-refractivity contribution is 0.0763. The van der Waals surface area contributed by atoms with Crippen LogP contribution in [0.2, 0.25) is 0 Å². The van der Waals surface area contributed by atoms with Gasteiger partial charge in [0.05, 0.1) is 11.1 Å². The molecule has 5 heteroatoms. The number of fused-ring (bicyclic) bond motifs is 3. The van der Waals surface area contributed by atoms with E-state index in [2.05, 4.69) is 16.0 Å². The topological polar surface area (TPSA) is 36.4 Å². The Morgan fingerprint density at radius 2 is 1.71 bits per heavy atom. The summed E-state index contributed by atoms with van der Waals surface area (Å²) in [5.74, 6) is -0.157. The monoisotopic (exact) mass is 413 g/mol. The Balaban J connectivity index is 1.40. The summed E-state index contributed by atoms with van der Waals surface area (Å²) >= 11 is 0. The van der Waals surface area contributed by atoms with Crippen LogP contribution in [0.3, 0.4) is 0 Å². The van der Waals surface area contributed by atoms with Crippen molar-refractivity contribution in [2.24, 2.45) is 0 Å². The standard InChI is InChI=1S/C26H24FN3O/c27-24-11-4-2-8-20(24)18-29-13-6-14-30(16-15-29)26(31)23-17-19-7-1-3-9-21(19)22-10-5-12-28-25(22)23/h1-5,7-12,17H,6,13-16,18H2. The van der Waals surface area contributed by atoms with Gasteiger partial charge in [0.2, 0.25) is 0 Å². The number of carbonyl (C=O) groups excluding carboxylic acids is 1. The van der Waals surface area contributed by atoms with Crippen molar-refractivity contribution in [1.82, 2.24) is 14.8 Å². The molecule has 4 nitrogen and oxygen atoms in total. The van der Waals surface area contributed by atoms with Crippen LogP contribution in [0.4, 0.5) is 4.39 Å². The molecule has 1 amide bonds. The number of halogens is 1. The van der Waals surface area contributed by atoms with Gasteiger partial charge in [-0.05, 0) is 35.4 Å². The van der Waals surface area contributed by atoms with Crippen LogP contribution in [0.25, 0.3) is 21.7 Å². The van der Waals surface area contributed by atoms with Crippen molar-refractivity contribution in [3.63, 3.8) is 0 Å². The third-order valence-electron chi connectivity index (χ3n) is 6.07. The van der Waals surface area contributed by atoms with E-state index in [4.69, 9.17) is 0 Å². The lowest BCUT2D eigenvalue weighted by Gasteiger charge is -2.23. The molecule has 1 aromatic heterocycles. The summed E-state index contributed by atoms with van der Waals surface area (Å²) in [4.78, 5) is 22.2. The zero-order valence-electron chi connectivity index (χ0n) is 17.3. The first-order valence-corrected chi connectivity index (χ1v) is 10.7. The van der Waals surface area contributed by atoms with E-state index in [9.17, 15) is 9.18 Å². The molecule has 0 bridgehead atoms. The van der Waals surface area contributed by atoms with E-state index in [0.29, 0.717) is 30.8 Å². The molecule has 0 aliphatic carbocycles. The molecule has 5 rings (SSSR count). The van der Waals surface area contributed by atoms with Gasteiger partial charge in [0.1, 0.15) is 5.82 Å². The molecule has 156 valence electrons. The van der Waals surface area contributed by atoms with Crippen LogP contribution in [0.15, 0.2) is 72.9 Å². The zero-order chi connectivity index (χ0) is 21.2. The molecule has 0 atom stereocenters. The minimum Gasteiger partial charge on any atom is -0.337 e. The average Bonchev–Trinajstić information content (AvgIpc) is 3.05. The fraction of sp³-hybridized carbons (Fsp3) is 0.231. The molecule has 0 saturated carbocycles. The molecular weight excluding hydrogens is 389 g/mol. The van der Waals surface area contributed by atoms with E-state index in [-0.39, 0.29) is 11.7 Å². The molecule has 1 aliphatic heterocycles. The highest BCUT2D eigenvalue weighted by molar-refractivity contribution is 6.15. The van der Waals surface area contributed by atoms with Crippen molar-refractivity contribution in [3.05, 3.63) is 89.9 Å². The number of rotatable bonds is 3. The first-order valence-electron chi connectivity index (χ1n) is 10.7. The average molecular weight is 413 g/mol. The number of hydrogen-bond acceptors (Lipinski definition) is 3. The van der Waals surface area contributed by atoms with E-state index in [1.165, 1.54) is 6.07 Å². The first kappa shape index (κ1) is 19.6. The summed E-state index contributed by atoms with van der Waals surface area (Å²) in [6.07, 6.45) is 2.60. The fourth-order valence-corrected chi connectivity index (χ4v) is 4.46. The van der Waals surface area contributed by atoms with Gasteiger partial charge in [0.15, 0.2) is 0 Å². The number of aromatic nitrogens is 1. The SMILES string of the molecule is O=C(c1cc2ccccc2c2cccnc12)N1CCCN(Cc2ccccc2F)CC1. The van der Waals surface area contributed by atoms with Gasteiger partial charge in [-0.25, -0.2) is 4.39 Å². The summed E-state index contributed by atoms with van der Waals surface area (Å²) in [6.45, 7) is 3.44.